The molecular weight excluding hydrogens is 282 g/mol. The lowest BCUT2D eigenvalue weighted by Crippen LogP contribution is -2.29. The third kappa shape index (κ3) is 3.64. The third-order valence-corrected chi connectivity index (χ3v) is 4.44. The van der Waals surface area contributed by atoms with Crippen LogP contribution in [0.1, 0.15) is 30.4 Å². The minimum atomic E-state index is 0.113. The topological polar surface area (TPSA) is 29.5 Å². The van der Waals surface area contributed by atoms with Gasteiger partial charge in [0.2, 0.25) is 0 Å². The number of hydrogen-bond donors (Lipinski definition) is 0. The highest BCUT2D eigenvalue weighted by Crippen LogP contribution is 2.30. The van der Waals surface area contributed by atoms with Gasteiger partial charge in [0, 0.05) is 18.0 Å². The van der Waals surface area contributed by atoms with E-state index in [9.17, 15) is 4.79 Å². The molecule has 0 N–H and O–H groups in total. The second-order valence-electron chi connectivity index (χ2n) is 4.60. The van der Waals surface area contributed by atoms with Gasteiger partial charge >= 0.3 is 0 Å². The summed E-state index contributed by atoms with van der Waals surface area (Å²) >= 11 is 1.54. The van der Waals surface area contributed by atoms with Gasteiger partial charge in [-0.15, -0.1) is 11.3 Å². The molecule has 0 saturated carbocycles. The molecule has 1 aromatic heterocycles. The molecule has 1 heterocycles. The third-order valence-electron chi connectivity index (χ3n) is 3.32. The van der Waals surface area contributed by atoms with Gasteiger partial charge < -0.3 is 9.64 Å². The summed E-state index contributed by atoms with van der Waals surface area (Å²) in [7, 11) is 0. The average Bonchev–Trinajstić information content (AvgIpc) is 2.99. The van der Waals surface area contributed by atoms with E-state index in [-0.39, 0.29) is 5.91 Å². The number of ether oxygens (including phenoxy) is 1. The number of hydrogen-bond acceptors (Lipinski definition) is 3. The fourth-order valence-corrected chi connectivity index (χ4v) is 3.14. The van der Waals surface area contributed by atoms with Crippen LogP contribution < -0.4 is 4.74 Å². The molecule has 0 bridgehead atoms. The minimum Gasteiger partial charge on any atom is -0.494 e. The molecule has 0 aliphatic rings. The predicted octanol–water partition coefficient (Wildman–Crippen LogP) is 4.30. The summed E-state index contributed by atoms with van der Waals surface area (Å²) in [4.78, 5) is 16.0. The van der Waals surface area contributed by atoms with E-state index in [4.69, 9.17) is 4.74 Å². The monoisotopic (exact) mass is 303 g/mol. The normalized spacial score (nSPS) is 10.4. The van der Waals surface area contributed by atoms with E-state index in [1.807, 2.05) is 62.1 Å². The van der Waals surface area contributed by atoms with Crippen molar-refractivity contribution in [1.82, 2.24) is 4.90 Å². The Morgan fingerprint density at radius 3 is 2.29 bits per heavy atom. The highest BCUT2D eigenvalue weighted by atomic mass is 32.1. The molecule has 21 heavy (non-hydrogen) atoms. The molecule has 0 radical (unpaired) electrons. The molecule has 0 saturated heterocycles. The van der Waals surface area contributed by atoms with Crippen LogP contribution in [0.15, 0.2) is 36.4 Å². The number of benzene rings is 1. The van der Waals surface area contributed by atoms with E-state index in [0.29, 0.717) is 6.61 Å². The van der Waals surface area contributed by atoms with Crippen LogP contribution in [0.2, 0.25) is 0 Å². The molecule has 0 spiro atoms. The second kappa shape index (κ2) is 7.27. The van der Waals surface area contributed by atoms with Crippen molar-refractivity contribution in [2.45, 2.75) is 20.8 Å². The zero-order chi connectivity index (χ0) is 15.2. The number of amides is 1. The van der Waals surface area contributed by atoms with E-state index >= 15 is 0 Å². The lowest BCUT2D eigenvalue weighted by Gasteiger charge is -2.17. The molecule has 0 fully saturated rings. The Bertz CT molecular complexity index is 585. The van der Waals surface area contributed by atoms with Gasteiger partial charge in [0.1, 0.15) is 5.75 Å². The van der Waals surface area contributed by atoms with Gasteiger partial charge in [-0.05, 0) is 62.7 Å². The van der Waals surface area contributed by atoms with E-state index in [0.717, 1.165) is 34.2 Å². The van der Waals surface area contributed by atoms with Crippen LogP contribution in [0.25, 0.3) is 10.4 Å². The average molecular weight is 303 g/mol. The number of thiophene rings is 1. The standard InChI is InChI=1S/C17H21NO2S/c1-4-18(5-2)17(19)16-12-11-15(21-16)13-7-9-14(10-8-13)20-6-3/h7-12H,4-6H2,1-3H3. The van der Waals surface area contributed by atoms with Crippen molar-refractivity contribution in [2.75, 3.05) is 19.7 Å². The predicted molar refractivity (Wildman–Crippen MR) is 88.2 cm³/mol. The van der Waals surface area contributed by atoms with Crippen molar-refractivity contribution in [3.8, 4) is 16.2 Å². The first kappa shape index (κ1) is 15.6. The first-order valence-electron chi connectivity index (χ1n) is 7.31. The first-order valence-corrected chi connectivity index (χ1v) is 8.13. The van der Waals surface area contributed by atoms with Crippen molar-refractivity contribution in [1.29, 1.82) is 0 Å². The maximum Gasteiger partial charge on any atom is 0.263 e. The molecule has 2 aromatic rings. The Hall–Kier alpha value is -1.81. The molecule has 0 atom stereocenters. The summed E-state index contributed by atoms with van der Waals surface area (Å²) in [6.45, 7) is 8.13. The number of carbonyl (C=O) groups excluding carboxylic acids is 1. The second-order valence-corrected chi connectivity index (χ2v) is 5.68. The zero-order valence-electron chi connectivity index (χ0n) is 12.8. The summed E-state index contributed by atoms with van der Waals surface area (Å²) < 4.78 is 5.44. The van der Waals surface area contributed by atoms with Gasteiger partial charge in [-0.1, -0.05) is 0 Å². The van der Waals surface area contributed by atoms with Crippen molar-refractivity contribution in [3.63, 3.8) is 0 Å². The van der Waals surface area contributed by atoms with Crippen LogP contribution in [0.4, 0.5) is 0 Å². The molecular formula is C17H21NO2S. The quantitative estimate of drug-likeness (QED) is 0.796. The number of carbonyl (C=O) groups is 1. The fourth-order valence-electron chi connectivity index (χ4n) is 2.16. The lowest BCUT2D eigenvalue weighted by molar-refractivity contribution is 0.0778. The summed E-state index contributed by atoms with van der Waals surface area (Å²) in [5.74, 6) is 0.986. The lowest BCUT2D eigenvalue weighted by atomic mass is 10.2. The van der Waals surface area contributed by atoms with Gasteiger partial charge in [-0.3, -0.25) is 4.79 Å². The van der Waals surface area contributed by atoms with E-state index in [1.165, 1.54) is 0 Å². The molecule has 1 amide bonds. The summed E-state index contributed by atoms with van der Waals surface area (Å²) in [5, 5.41) is 0. The molecule has 3 nitrogen and oxygen atoms in total. The Labute approximate surface area is 130 Å². The molecule has 4 heteroatoms. The molecule has 0 unspecified atom stereocenters. The summed E-state index contributed by atoms with van der Waals surface area (Å²) in [5.41, 5.74) is 1.11. The molecule has 112 valence electrons. The van der Waals surface area contributed by atoms with Crippen LogP contribution in [0.3, 0.4) is 0 Å². The van der Waals surface area contributed by atoms with Gasteiger partial charge in [-0.25, -0.2) is 0 Å². The Kier molecular flexibility index (Phi) is 5.39. The molecule has 2 rings (SSSR count). The van der Waals surface area contributed by atoms with E-state index in [2.05, 4.69) is 0 Å². The maximum absolute atomic E-state index is 12.3. The zero-order valence-corrected chi connectivity index (χ0v) is 13.6. The summed E-state index contributed by atoms with van der Waals surface area (Å²) in [6, 6.07) is 11.9. The van der Waals surface area contributed by atoms with Gasteiger partial charge in [0.05, 0.1) is 11.5 Å². The van der Waals surface area contributed by atoms with Crippen LogP contribution in [0, 0.1) is 0 Å². The van der Waals surface area contributed by atoms with Crippen LogP contribution in [-0.4, -0.2) is 30.5 Å². The Morgan fingerprint density at radius 2 is 1.71 bits per heavy atom. The van der Waals surface area contributed by atoms with Gasteiger partial charge in [-0.2, -0.15) is 0 Å². The van der Waals surface area contributed by atoms with Crippen molar-refractivity contribution in [2.24, 2.45) is 0 Å². The smallest absolute Gasteiger partial charge is 0.263 e. The highest BCUT2D eigenvalue weighted by molar-refractivity contribution is 7.17. The molecule has 1 aromatic carbocycles. The first-order chi connectivity index (χ1) is 10.2. The number of nitrogens with zero attached hydrogens (tertiary/aromatic N) is 1. The minimum absolute atomic E-state index is 0.113. The fraction of sp³-hybridized carbons (Fsp3) is 0.353. The van der Waals surface area contributed by atoms with Crippen LogP contribution in [-0.2, 0) is 0 Å². The Balaban J connectivity index is 2.17. The van der Waals surface area contributed by atoms with E-state index < -0.39 is 0 Å². The molecule has 0 aliphatic heterocycles. The van der Waals surface area contributed by atoms with Crippen molar-refractivity contribution in [3.05, 3.63) is 41.3 Å². The van der Waals surface area contributed by atoms with Gasteiger partial charge in [0.25, 0.3) is 5.91 Å². The van der Waals surface area contributed by atoms with Crippen LogP contribution in [0.5, 0.6) is 5.75 Å². The SMILES string of the molecule is CCOc1ccc(-c2ccc(C(=O)N(CC)CC)s2)cc1. The largest absolute Gasteiger partial charge is 0.494 e. The number of rotatable bonds is 6. The summed E-state index contributed by atoms with van der Waals surface area (Å²) in [6.07, 6.45) is 0. The van der Waals surface area contributed by atoms with Crippen LogP contribution >= 0.6 is 11.3 Å². The van der Waals surface area contributed by atoms with Gasteiger partial charge in [0.15, 0.2) is 0 Å². The molecule has 0 aliphatic carbocycles. The van der Waals surface area contributed by atoms with E-state index in [1.54, 1.807) is 11.3 Å². The Morgan fingerprint density at radius 1 is 1.05 bits per heavy atom. The highest BCUT2D eigenvalue weighted by Gasteiger charge is 2.15. The maximum atomic E-state index is 12.3. The van der Waals surface area contributed by atoms with Crippen molar-refractivity contribution < 1.29 is 9.53 Å². The van der Waals surface area contributed by atoms with Crippen molar-refractivity contribution >= 4 is 17.2 Å².